The molecule has 0 saturated carbocycles. The Balaban J connectivity index is 2.08. The fourth-order valence-electron chi connectivity index (χ4n) is 1.19. The van der Waals surface area contributed by atoms with Gasteiger partial charge in [-0.05, 0) is 18.4 Å². The third-order valence-electron chi connectivity index (χ3n) is 1.92. The van der Waals surface area contributed by atoms with Crippen molar-refractivity contribution in [2.75, 3.05) is 12.0 Å². The Morgan fingerprint density at radius 3 is 2.67 bits per heavy atom. The number of nitrogens with one attached hydrogen (secondary N) is 1. The summed E-state index contributed by atoms with van der Waals surface area (Å²) in [5.74, 6) is 5.47. The van der Waals surface area contributed by atoms with Crippen LogP contribution < -0.4 is 20.7 Å². The molecule has 0 aliphatic rings. The van der Waals surface area contributed by atoms with Crippen LogP contribution in [0.4, 0.5) is 5.95 Å². The molecule has 2 rings (SSSR count). The van der Waals surface area contributed by atoms with Crippen LogP contribution in [-0.4, -0.2) is 21.6 Å². The van der Waals surface area contributed by atoms with Crippen molar-refractivity contribution >= 4 is 17.3 Å². The summed E-state index contributed by atoms with van der Waals surface area (Å²) in [6.45, 7) is 2.70. The molecule has 0 fully saturated rings. The maximum Gasteiger partial charge on any atom is 0.324 e. The first-order valence-corrected chi connectivity index (χ1v) is 6.20. The Bertz CT molecular complexity index is 491. The number of hydrazine groups is 1. The highest BCUT2D eigenvalue weighted by atomic mass is 32.1. The average molecular weight is 267 g/mol. The van der Waals surface area contributed by atoms with Crippen LogP contribution in [-0.2, 0) is 6.61 Å². The van der Waals surface area contributed by atoms with Gasteiger partial charge in [-0.15, -0.1) is 16.3 Å². The van der Waals surface area contributed by atoms with E-state index in [0.717, 1.165) is 4.88 Å². The zero-order valence-corrected chi connectivity index (χ0v) is 10.6. The topological polar surface area (TPSA) is 95.2 Å². The zero-order chi connectivity index (χ0) is 12.8. The monoisotopic (exact) mass is 267 g/mol. The van der Waals surface area contributed by atoms with Crippen molar-refractivity contribution in [2.24, 2.45) is 5.84 Å². The molecule has 0 unspecified atom stereocenters. The standard InChI is InChI=1S/C10H13N5O2S/c1-2-16-9-12-8(15-11)13-10(14-9)17-6-7-4-3-5-18-7/h3-5H,2,6,11H2,1H3,(H,12,13,14,15). The maximum absolute atomic E-state index is 5.45. The van der Waals surface area contributed by atoms with E-state index in [9.17, 15) is 0 Å². The highest BCUT2D eigenvalue weighted by molar-refractivity contribution is 7.09. The zero-order valence-electron chi connectivity index (χ0n) is 9.79. The molecule has 96 valence electrons. The van der Waals surface area contributed by atoms with Crippen molar-refractivity contribution in [2.45, 2.75) is 13.5 Å². The number of nitrogen functional groups attached to an aromatic ring is 1. The van der Waals surface area contributed by atoms with Crippen molar-refractivity contribution in [3.63, 3.8) is 0 Å². The van der Waals surface area contributed by atoms with Gasteiger partial charge in [0, 0.05) is 4.88 Å². The second-order valence-electron chi connectivity index (χ2n) is 3.17. The summed E-state index contributed by atoms with van der Waals surface area (Å²) in [5, 5.41) is 1.98. The van der Waals surface area contributed by atoms with Crippen LogP contribution >= 0.6 is 11.3 Å². The lowest BCUT2D eigenvalue weighted by Crippen LogP contribution is -2.13. The smallest absolute Gasteiger partial charge is 0.324 e. The summed E-state index contributed by atoms with van der Waals surface area (Å²) < 4.78 is 10.6. The van der Waals surface area contributed by atoms with E-state index >= 15 is 0 Å². The van der Waals surface area contributed by atoms with Crippen LogP contribution in [0.2, 0.25) is 0 Å². The number of hydrogen-bond donors (Lipinski definition) is 2. The summed E-state index contributed by atoms with van der Waals surface area (Å²) in [6.07, 6.45) is 0. The van der Waals surface area contributed by atoms with Crippen LogP contribution in [0, 0.1) is 0 Å². The van der Waals surface area contributed by atoms with Gasteiger partial charge >= 0.3 is 12.0 Å². The summed E-state index contributed by atoms with van der Waals surface area (Å²) in [5.41, 5.74) is 2.34. The van der Waals surface area contributed by atoms with Gasteiger partial charge < -0.3 is 9.47 Å². The highest BCUT2D eigenvalue weighted by Crippen LogP contribution is 2.15. The van der Waals surface area contributed by atoms with Crippen LogP contribution in [0.15, 0.2) is 17.5 Å². The number of hydrogen-bond acceptors (Lipinski definition) is 8. The normalized spacial score (nSPS) is 10.1. The van der Waals surface area contributed by atoms with Crippen molar-refractivity contribution in [1.82, 2.24) is 15.0 Å². The van der Waals surface area contributed by atoms with E-state index in [1.807, 2.05) is 24.4 Å². The van der Waals surface area contributed by atoms with Crippen molar-refractivity contribution in [3.8, 4) is 12.0 Å². The second kappa shape index (κ2) is 6.12. The first-order chi connectivity index (χ1) is 8.81. The molecule has 2 aromatic rings. The lowest BCUT2D eigenvalue weighted by molar-refractivity contribution is 0.264. The van der Waals surface area contributed by atoms with Crippen LogP contribution in [0.25, 0.3) is 0 Å². The van der Waals surface area contributed by atoms with Crippen molar-refractivity contribution in [1.29, 1.82) is 0 Å². The van der Waals surface area contributed by atoms with Gasteiger partial charge in [0.25, 0.3) is 0 Å². The molecule has 7 nitrogen and oxygen atoms in total. The lowest BCUT2D eigenvalue weighted by atomic mass is 10.5. The van der Waals surface area contributed by atoms with E-state index in [1.165, 1.54) is 0 Å². The Morgan fingerprint density at radius 2 is 2.06 bits per heavy atom. The summed E-state index contributed by atoms with van der Waals surface area (Å²) in [4.78, 5) is 13.0. The molecule has 18 heavy (non-hydrogen) atoms. The number of thiophene rings is 1. The molecule has 0 aliphatic carbocycles. The molecule has 0 radical (unpaired) electrons. The molecule has 0 aliphatic heterocycles. The van der Waals surface area contributed by atoms with Gasteiger partial charge in [-0.25, -0.2) is 5.84 Å². The van der Waals surface area contributed by atoms with Gasteiger partial charge in [0.1, 0.15) is 6.61 Å². The number of ether oxygens (including phenoxy) is 2. The largest absolute Gasteiger partial charge is 0.464 e. The minimum absolute atomic E-state index is 0.176. The van der Waals surface area contributed by atoms with Gasteiger partial charge in [0.2, 0.25) is 5.95 Å². The van der Waals surface area contributed by atoms with Crippen molar-refractivity contribution in [3.05, 3.63) is 22.4 Å². The highest BCUT2D eigenvalue weighted by Gasteiger charge is 2.08. The third kappa shape index (κ3) is 3.28. The van der Waals surface area contributed by atoms with Gasteiger partial charge in [0.15, 0.2) is 0 Å². The summed E-state index contributed by atoms with van der Waals surface area (Å²) in [7, 11) is 0. The minimum Gasteiger partial charge on any atom is -0.464 e. The molecule has 2 aromatic heterocycles. The molecule has 0 atom stereocenters. The van der Waals surface area contributed by atoms with Gasteiger partial charge in [-0.2, -0.15) is 9.97 Å². The number of aromatic nitrogens is 3. The number of anilines is 1. The van der Waals surface area contributed by atoms with Crippen LogP contribution in [0.3, 0.4) is 0 Å². The fraction of sp³-hybridized carbons (Fsp3) is 0.300. The van der Waals surface area contributed by atoms with Gasteiger partial charge in [-0.1, -0.05) is 6.07 Å². The van der Waals surface area contributed by atoms with E-state index < -0.39 is 0 Å². The Kier molecular flexibility index (Phi) is 4.26. The number of nitrogens with two attached hydrogens (primary N) is 1. The van der Waals surface area contributed by atoms with E-state index in [4.69, 9.17) is 15.3 Å². The van der Waals surface area contributed by atoms with Crippen molar-refractivity contribution < 1.29 is 9.47 Å². The molecule has 0 spiro atoms. The van der Waals surface area contributed by atoms with E-state index in [0.29, 0.717) is 13.2 Å². The van der Waals surface area contributed by atoms with E-state index in [2.05, 4.69) is 20.4 Å². The third-order valence-corrected chi connectivity index (χ3v) is 2.77. The molecule has 0 saturated heterocycles. The molecule has 2 heterocycles. The quantitative estimate of drug-likeness (QED) is 0.599. The van der Waals surface area contributed by atoms with Gasteiger partial charge in [0.05, 0.1) is 6.61 Å². The molecule has 0 amide bonds. The molecular weight excluding hydrogens is 254 g/mol. The minimum atomic E-state index is 0.176. The molecule has 0 aromatic carbocycles. The second-order valence-corrected chi connectivity index (χ2v) is 4.20. The Morgan fingerprint density at radius 1 is 1.28 bits per heavy atom. The van der Waals surface area contributed by atoms with E-state index in [1.54, 1.807) is 11.3 Å². The maximum atomic E-state index is 5.45. The van der Waals surface area contributed by atoms with Gasteiger partial charge in [-0.3, -0.25) is 5.43 Å². The SMILES string of the molecule is CCOc1nc(NN)nc(OCc2cccs2)n1. The molecule has 3 N–H and O–H groups in total. The lowest BCUT2D eigenvalue weighted by Gasteiger charge is -2.07. The molecule has 0 bridgehead atoms. The Hall–Kier alpha value is -1.93. The molecule has 8 heteroatoms. The predicted octanol–water partition coefficient (Wildman–Crippen LogP) is 1.20. The first-order valence-electron chi connectivity index (χ1n) is 5.32. The number of nitrogens with zero attached hydrogens (tertiary/aromatic N) is 3. The summed E-state index contributed by atoms with van der Waals surface area (Å²) >= 11 is 1.60. The Labute approximate surface area is 108 Å². The first kappa shape index (κ1) is 12.5. The number of rotatable bonds is 6. The molecular formula is C10H13N5O2S. The van der Waals surface area contributed by atoms with Crippen LogP contribution in [0.5, 0.6) is 12.0 Å². The average Bonchev–Trinajstić information content (AvgIpc) is 2.89. The van der Waals surface area contributed by atoms with Crippen LogP contribution in [0.1, 0.15) is 11.8 Å². The predicted molar refractivity (Wildman–Crippen MR) is 67.5 cm³/mol. The summed E-state index contributed by atoms with van der Waals surface area (Å²) in [6, 6.07) is 4.28. The fourth-order valence-corrected chi connectivity index (χ4v) is 1.81. The van der Waals surface area contributed by atoms with E-state index in [-0.39, 0.29) is 18.0 Å².